The van der Waals surface area contributed by atoms with Crippen LogP contribution in [-0.4, -0.2) is 70.0 Å². The molecule has 0 fully saturated rings. The summed E-state index contributed by atoms with van der Waals surface area (Å²) in [5.41, 5.74) is 0. The third-order valence-electron chi connectivity index (χ3n) is 9.46. The van der Waals surface area contributed by atoms with Crippen LogP contribution in [0.5, 0.6) is 0 Å². The number of ether oxygens (including phenoxy) is 2. The van der Waals surface area contributed by atoms with Gasteiger partial charge in [-0.2, -0.15) is 0 Å². The van der Waals surface area contributed by atoms with Crippen LogP contribution in [0.1, 0.15) is 181 Å². The maximum absolute atomic E-state index is 12.7. The maximum Gasteiger partial charge on any atom is 0.306 e. The van der Waals surface area contributed by atoms with E-state index in [0.717, 1.165) is 57.8 Å². The van der Waals surface area contributed by atoms with Gasteiger partial charge in [-0.3, -0.25) is 14.2 Å². The summed E-state index contributed by atoms with van der Waals surface area (Å²) in [6, 6.07) is 0. The van der Waals surface area contributed by atoms with Crippen molar-refractivity contribution >= 4 is 19.8 Å². The molecule has 2 atom stereocenters. The monoisotopic (exact) mass is 810 g/mol. The van der Waals surface area contributed by atoms with Gasteiger partial charge in [0.2, 0.25) is 0 Å². The number of nitrogens with zero attached hydrogens (tertiary/aromatic N) is 1. The van der Waals surface area contributed by atoms with E-state index < -0.39 is 26.5 Å². The van der Waals surface area contributed by atoms with Crippen LogP contribution in [0.2, 0.25) is 0 Å². The molecule has 0 aliphatic rings. The summed E-state index contributed by atoms with van der Waals surface area (Å²) in [5, 5.41) is 0. The molecule has 0 bridgehead atoms. The third-order valence-corrected chi connectivity index (χ3v) is 10.4. The Balaban J connectivity index is 4.36. The van der Waals surface area contributed by atoms with Crippen molar-refractivity contribution in [1.29, 1.82) is 0 Å². The number of unbranched alkanes of at least 4 members (excludes halogenated alkanes) is 21. The third kappa shape index (κ3) is 41.6. The van der Waals surface area contributed by atoms with Gasteiger partial charge in [-0.15, -0.1) is 0 Å². The molecule has 0 aromatic carbocycles. The number of likely N-dealkylation sites (N-methyl/N-ethyl adjacent to an activating group) is 1. The van der Waals surface area contributed by atoms with Crippen molar-refractivity contribution < 1.29 is 42.1 Å². The second-order valence-electron chi connectivity index (χ2n) is 16.1. The van der Waals surface area contributed by atoms with Gasteiger partial charge >= 0.3 is 11.9 Å². The summed E-state index contributed by atoms with van der Waals surface area (Å²) in [7, 11) is 1.15. The molecule has 0 heterocycles. The van der Waals surface area contributed by atoms with E-state index in [1.807, 2.05) is 51.5 Å². The number of quaternary nitrogens is 1. The van der Waals surface area contributed by atoms with Crippen LogP contribution in [0.15, 0.2) is 48.6 Å². The lowest BCUT2D eigenvalue weighted by Crippen LogP contribution is -2.37. The highest BCUT2D eigenvalue weighted by atomic mass is 31.2. The van der Waals surface area contributed by atoms with Crippen LogP contribution in [0.4, 0.5) is 0 Å². The number of carbonyl (C=O) groups excluding carboxylic acids is 2. The van der Waals surface area contributed by atoms with Crippen LogP contribution in [0.25, 0.3) is 0 Å². The quantitative estimate of drug-likeness (QED) is 0.0198. The average molecular weight is 810 g/mol. The highest BCUT2D eigenvalue weighted by molar-refractivity contribution is 7.45. The topological polar surface area (TPSA) is 111 Å². The Labute approximate surface area is 343 Å². The molecule has 0 amide bonds. The average Bonchev–Trinajstić information content (AvgIpc) is 3.15. The van der Waals surface area contributed by atoms with Crippen LogP contribution >= 0.6 is 7.82 Å². The van der Waals surface area contributed by atoms with Gasteiger partial charge in [-0.25, -0.2) is 0 Å². The van der Waals surface area contributed by atoms with Gasteiger partial charge in [-0.1, -0.05) is 184 Å². The second-order valence-corrected chi connectivity index (χ2v) is 17.5. The van der Waals surface area contributed by atoms with Crippen LogP contribution in [0.3, 0.4) is 0 Å². The van der Waals surface area contributed by atoms with Crippen molar-refractivity contribution in [1.82, 2.24) is 0 Å². The van der Waals surface area contributed by atoms with E-state index >= 15 is 0 Å². The molecule has 0 aromatic heterocycles. The Morgan fingerprint density at radius 3 is 1.52 bits per heavy atom. The number of esters is 2. The predicted octanol–water partition coefficient (Wildman–Crippen LogP) is 12.1. The van der Waals surface area contributed by atoms with Crippen LogP contribution in [0, 0.1) is 0 Å². The SMILES string of the molecule is CC/C=C/C=C/C=C/C=C/CCCCCCCC(=O)O[C@H](COC(=O)CCCCCCCCCCCCCCCCCCC)COP(=O)([O-])OCC[N+](C)(C)C. The Hall–Kier alpha value is -2.03. The lowest BCUT2D eigenvalue weighted by molar-refractivity contribution is -0.870. The zero-order chi connectivity index (χ0) is 41.4. The Bertz CT molecular complexity index is 1100. The number of hydrogen-bond donors (Lipinski definition) is 0. The molecule has 0 aromatic rings. The molecule has 0 N–H and O–H groups in total. The highest BCUT2D eigenvalue weighted by Crippen LogP contribution is 2.38. The molecule has 0 aliphatic carbocycles. The summed E-state index contributed by atoms with van der Waals surface area (Å²) < 4.78 is 33.9. The largest absolute Gasteiger partial charge is 0.756 e. The Morgan fingerprint density at radius 2 is 1.02 bits per heavy atom. The summed E-state index contributed by atoms with van der Waals surface area (Å²) >= 11 is 0. The smallest absolute Gasteiger partial charge is 0.306 e. The van der Waals surface area contributed by atoms with Gasteiger partial charge in [0, 0.05) is 12.8 Å². The summed E-state index contributed by atoms with van der Waals surface area (Å²) in [4.78, 5) is 37.5. The number of phosphoric ester groups is 1. The van der Waals surface area contributed by atoms with Crippen molar-refractivity contribution in [3.8, 4) is 0 Å². The lowest BCUT2D eigenvalue weighted by Gasteiger charge is -2.28. The molecule has 9 nitrogen and oxygen atoms in total. The standard InChI is InChI=1S/C46H84NO8P/c1-6-8-10-12-14-16-18-20-22-23-25-26-28-30-32-34-36-38-45(48)52-42-44(43-54-56(50,51)53-41-40-47(3,4)5)55-46(49)39-37-35-33-31-29-27-24-21-19-17-15-13-11-9-7-2/h9,11,13,15,17,19,21,24,44H,6-8,10,12,14,16,18,20,22-23,25-43H2,1-5H3/b11-9+,15-13+,19-17+,24-21+/t44-/m1/s1. The number of carbonyl (C=O) groups is 2. The molecule has 0 radical (unpaired) electrons. The van der Waals surface area contributed by atoms with Crippen molar-refractivity contribution in [2.75, 3.05) is 47.5 Å². The molecule has 0 saturated carbocycles. The summed E-state index contributed by atoms with van der Waals surface area (Å²) in [5.74, 6) is -0.859. The Morgan fingerprint density at radius 1 is 0.571 bits per heavy atom. The fraction of sp³-hybridized carbons (Fsp3) is 0.783. The molecule has 0 aliphatic heterocycles. The van der Waals surface area contributed by atoms with E-state index in [1.165, 1.54) is 89.9 Å². The number of hydrogen-bond acceptors (Lipinski definition) is 8. The summed E-state index contributed by atoms with van der Waals surface area (Å²) in [6.45, 7) is 4.07. The van der Waals surface area contributed by atoms with Gasteiger partial charge in [0.1, 0.15) is 19.8 Å². The molecule has 0 spiro atoms. The molecule has 56 heavy (non-hydrogen) atoms. The van der Waals surface area contributed by atoms with Crippen molar-refractivity contribution in [3.63, 3.8) is 0 Å². The highest BCUT2D eigenvalue weighted by Gasteiger charge is 2.21. The molecule has 0 rings (SSSR count). The van der Waals surface area contributed by atoms with E-state index in [1.54, 1.807) is 0 Å². The number of allylic oxidation sites excluding steroid dienone is 8. The normalized spacial score (nSPS) is 14.0. The van der Waals surface area contributed by atoms with Gasteiger partial charge in [0.25, 0.3) is 7.82 Å². The minimum Gasteiger partial charge on any atom is -0.756 e. The predicted molar refractivity (Wildman–Crippen MR) is 231 cm³/mol. The summed E-state index contributed by atoms with van der Waals surface area (Å²) in [6.07, 6.45) is 44.2. The van der Waals surface area contributed by atoms with Gasteiger partial charge < -0.3 is 27.9 Å². The Kier molecular flexibility index (Phi) is 37.1. The fourth-order valence-electron chi connectivity index (χ4n) is 5.96. The van der Waals surface area contributed by atoms with Crippen LogP contribution < -0.4 is 4.89 Å². The zero-order valence-corrected chi connectivity index (χ0v) is 37.5. The maximum atomic E-state index is 12.7. The van der Waals surface area contributed by atoms with E-state index in [9.17, 15) is 19.0 Å². The molecule has 326 valence electrons. The first kappa shape index (κ1) is 54.0. The first-order chi connectivity index (χ1) is 27.0. The van der Waals surface area contributed by atoms with E-state index in [0.29, 0.717) is 17.4 Å². The van der Waals surface area contributed by atoms with Gasteiger partial charge in [0.05, 0.1) is 27.7 Å². The van der Waals surface area contributed by atoms with Crippen molar-refractivity contribution in [3.05, 3.63) is 48.6 Å². The number of rotatable bonds is 40. The number of phosphoric acid groups is 1. The molecular formula is C46H84NO8P. The molecule has 0 saturated heterocycles. The van der Waals surface area contributed by atoms with Gasteiger partial charge in [0.15, 0.2) is 6.10 Å². The van der Waals surface area contributed by atoms with E-state index in [4.69, 9.17) is 18.5 Å². The van der Waals surface area contributed by atoms with Gasteiger partial charge in [-0.05, 0) is 32.1 Å². The van der Waals surface area contributed by atoms with E-state index in [-0.39, 0.29) is 32.0 Å². The van der Waals surface area contributed by atoms with Crippen molar-refractivity contribution in [2.45, 2.75) is 187 Å². The molecule has 1 unspecified atom stereocenters. The molecular weight excluding hydrogens is 725 g/mol. The lowest BCUT2D eigenvalue weighted by atomic mass is 10.0. The minimum absolute atomic E-state index is 0.0365. The first-order valence-corrected chi connectivity index (χ1v) is 23.9. The second kappa shape index (κ2) is 38.5. The fourth-order valence-corrected chi connectivity index (χ4v) is 6.69. The minimum atomic E-state index is -4.63. The van der Waals surface area contributed by atoms with E-state index in [2.05, 4.69) is 32.1 Å². The van der Waals surface area contributed by atoms with Crippen molar-refractivity contribution in [2.24, 2.45) is 0 Å². The zero-order valence-electron chi connectivity index (χ0n) is 36.6. The van der Waals surface area contributed by atoms with Crippen LogP contribution in [-0.2, 0) is 32.7 Å². The molecule has 10 heteroatoms. The first-order valence-electron chi connectivity index (χ1n) is 22.4.